The number of fused-ring (bicyclic) bond motifs is 1. The van der Waals surface area contributed by atoms with Gasteiger partial charge in [0.05, 0.1) is 6.20 Å². The Labute approximate surface area is 183 Å². The normalized spacial score (nSPS) is 11.7. The topological polar surface area (TPSA) is 42.7 Å². The van der Waals surface area contributed by atoms with Crippen LogP contribution in [0.1, 0.15) is 6.92 Å². The highest BCUT2D eigenvalue weighted by atomic mass is 15.2. The molecule has 156 valence electrons. The van der Waals surface area contributed by atoms with E-state index in [2.05, 4.69) is 65.0 Å². The lowest BCUT2D eigenvalue weighted by Crippen LogP contribution is -2.21. The van der Waals surface area contributed by atoms with Crippen LogP contribution < -0.4 is 15.8 Å². The minimum absolute atomic E-state index is 0.880. The highest BCUT2D eigenvalue weighted by Crippen LogP contribution is 2.24. The molecule has 0 amide bonds. The van der Waals surface area contributed by atoms with Crippen LogP contribution in [-0.2, 0) is 7.05 Å². The van der Waals surface area contributed by atoms with E-state index in [4.69, 9.17) is 0 Å². The van der Waals surface area contributed by atoms with E-state index in [1.165, 1.54) is 10.9 Å². The van der Waals surface area contributed by atoms with E-state index < -0.39 is 0 Å². The van der Waals surface area contributed by atoms with E-state index >= 15 is 0 Å². The van der Waals surface area contributed by atoms with Gasteiger partial charge in [-0.1, -0.05) is 61.7 Å². The van der Waals surface area contributed by atoms with Crippen molar-refractivity contribution in [1.29, 1.82) is 0 Å². The molecule has 0 radical (unpaired) electrons. The standard InChI is InChI=1S/C14H14N4.C13H14/c1-15-14-6-12-5-10(3-4-11(12)7-16-14)13-8-17-18(2)9-13;1-4-12(5-2)10-13-9-7-6-8-11(13)3/h3-9H,1-2H3,(H,15,16);4-10H,1,3H2,2H3/b;12-5-,13-10-. The van der Waals surface area contributed by atoms with Crippen LogP contribution in [-0.4, -0.2) is 21.8 Å². The minimum atomic E-state index is 0.880. The van der Waals surface area contributed by atoms with E-state index in [-0.39, 0.29) is 0 Å². The minimum Gasteiger partial charge on any atom is -0.373 e. The van der Waals surface area contributed by atoms with Gasteiger partial charge >= 0.3 is 0 Å². The zero-order valence-electron chi connectivity index (χ0n) is 18.3. The van der Waals surface area contributed by atoms with Crippen LogP contribution in [0.4, 0.5) is 5.82 Å². The summed E-state index contributed by atoms with van der Waals surface area (Å²) in [6, 6.07) is 16.4. The predicted molar refractivity (Wildman–Crippen MR) is 133 cm³/mol. The molecule has 0 aliphatic rings. The van der Waals surface area contributed by atoms with E-state index in [0.29, 0.717) is 0 Å². The summed E-state index contributed by atoms with van der Waals surface area (Å²) in [5, 5.41) is 11.8. The summed E-state index contributed by atoms with van der Waals surface area (Å²) in [5.74, 6) is 0.880. The summed E-state index contributed by atoms with van der Waals surface area (Å²) in [6.45, 7) is 9.69. The van der Waals surface area contributed by atoms with Crippen molar-refractivity contribution >= 4 is 29.2 Å². The Bertz CT molecular complexity index is 1330. The zero-order valence-corrected chi connectivity index (χ0v) is 18.3. The Hall–Kier alpha value is -3.92. The molecule has 2 aromatic carbocycles. The van der Waals surface area contributed by atoms with Crippen LogP contribution >= 0.6 is 0 Å². The fraction of sp³-hybridized carbons (Fsp3) is 0.111. The van der Waals surface area contributed by atoms with Gasteiger partial charge in [0.1, 0.15) is 5.82 Å². The maximum atomic E-state index is 4.30. The molecule has 0 fully saturated rings. The summed E-state index contributed by atoms with van der Waals surface area (Å²) < 4.78 is 1.81. The van der Waals surface area contributed by atoms with Crippen molar-refractivity contribution in [3.63, 3.8) is 0 Å². The molecule has 31 heavy (non-hydrogen) atoms. The van der Waals surface area contributed by atoms with Crippen molar-refractivity contribution in [2.45, 2.75) is 6.92 Å². The number of aromatic nitrogens is 3. The Morgan fingerprint density at radius 1 is 1.03 bits per heavy atom. The second-order valence-electron chi connectivity index (χ2n) is 7.12. The number of anilines is 1. The molecule has 0 aliphatic heterocycles. The molecule has 0 saturated heterocycles. The van der Waals surface area contributed by atoms with Crippen molar-refractivity contribution in [3.05, 3.63) is 102 Å². The van der Waals surface area contributed by atoms with Gasteiger partial charge < -0.3 is 5.32 Å². The molecule has 0 atom stereocenters. The molecule has 0 spiro atoms. The van der Waals surface area contributed by atoms with Crippen molar-refractivity contribution in [2.24, 2.45) is 7.05 Å². The Morgan fingerprint density at radius 2 is 1.84 bits per heavy atom. The first kappa shape index (κ1) is 21.8. The first-order valence-corrected chi connectivity index (χ1v) is 10.1. The molecule has 0 bridgehead atoms. The predicted octanol–water partition coefficient (Wildman–Crippen LogP) is 4.69. The molecule has 4 rings (SSSR count). The van der Waals surface area contributed by atoms with Crippen LogP contribution in [0.25, 0.3) is 34.6 Å². The zero-order chi connectivity index (χ0) is 22.2. The Morgan fingerprint density at radius 3 is 2.48 bits per heavy atom. The third kappa shape index (κ3) is 5.58. The van der Waals surface area contributed by atoms with Gasteiger partial charge in [0.25, 0.3) is 0 Å². The molecule has 0 saturated carbocycles. The fourth-order valence-corrected chi connectivity index (χ4v) is 3.14. The van der Waals surface area contributed by atoms with Crippen LogP contribution in [0.5, 0.6) is 0 Å². The molecule has 0 unspecified atom stereocenters. The Kier molecular flexibility index (Phi) is 7.17. The summed E-state index contributed by atoms with van der Waals surface area (Å²) in [6.07, 6.45) is 11.7. The smallest absolute Gasteiger partial charge is 0.126 e. The molecule has 1 N–H and O–H groups in total. The summed E-state index contributed by atoms with van der Waals surface area (Å²) in [4.78, 5) is 4.30. The maximum Gasteiger partial charge on any atom is 0.126 e. The number of aryl methyl sites for hydroxylation is 1. The van der Waals surface area contributed by atoms with Gasteiger partial charge in [0.15, 0.2) is 0 Å². The van der Waals surface area contributed by atoms with Crippen molar-refractivity contribution < 1.29 is 0 Å². The molecule has 4 heteroatoms. The molecule has 2 aromatic heterocycles. The molecule has 4 nitrogen and oxygen atoms in total. The summed E-state index contributed by atoms with van der Waals surface area (Å²) >= 11 is 0. The average molecular weight is 409 g/mol. The SMILES string of the molecule is C=CC(=C/C)/C=c1/ccccc1=C.CNc1cc2cc(-c3cnn(C)c3)ccc2cn1. The highest BCUT2D eigenvalue weighted by molar-refractivity contribution is 5.88. The highest BCUT2D eigenvalue weighted by Gasteiger charge is 2.03. The maximum absolute atomic E-state index is 4.30. The first-order chi connectivity index (χ1) is 15.0. The van der Waals surface area contributed by atoms with Gasteiger partial charge in [0.2, 0.25) is 0 Å². The summed E-state index contributed by atoms with van der Waals surface area (Å²) in [5.41, 5.74) is 3.42. The van der Waals surface area contributed by atoms with Gasteiger partial charge in [-0.2, -0.15) is 5.10 Å². The average Bonchev–Trinajstić information content (AvgIpc) is 3.24. The van der Waals surface area contributed by atoms with Crippen molar-refractivity contribution in [3.8, 4) is 11.1 Å². The first-order valence-electron chi connectivity index (χ1n) is 10.1. The van der Waals surface area contributed by atoms with Crippen LogP contribution in [0.3, 0.4) is 0 Å². The number of benzene rings is 2. The molecule has 2 heterocycles. The van der Waals surface area contributed by atoms with Gasteiger partial charge in [-0.05, 0) is 52.1 Å². The molecular weight excluding hydrogens is 380 g/mol. The number of hydrogen-bond acceptors (Lipinski definition) is 3. The van der Waals surface area contributed by atoms with Crippen LogP contribution in [0.15, 0.2) is 91.4 Å². The monoisotopic (exact) mass is 408 g/mol. The number of pyridine rings is 1. The molecular formula is C27H28N4. The lowest BCUT2D eigenvalue weighted by molar-refractivity contribution is 0.768. The quantitative estimate of drug-likeness (QED) is 0.498. The van der Waals surface area contributed by atoms with E-state index in [9.17, 15) is 0 Å². The van der Waals surface area contributed by atoms with Gasteiger partial charge in [-0.25, -0.2) is 4.98 Å². The van der Waals surface area contributed by atoms with Gasteiger partial charge in [-0.3, -0.25) is 4.68 Å². The summed E-state index contributed by atoms with van der Waals surface area (Å²) in [7, 11) is 3.80. The third-order valence-electron chi connectivity index (χ3n) is 4.96. The lowest BCUT2D eigenvalue weighted by atomic mass is 10.1. The lowest BCUT2D eigenvalue weighted by Gasteiger charge is -2.04. The number of nitrogens with one attached hydrogen (secondary N) is 1. The second kappa shape index (κ2) is 10.2. The van der Waals surface area contributed by atoms with E-state index in [0.717, 1.165) is 32.8 Å². The molecule has 4 aromatic rings. The van der Waals surface area contributed by atoms with Gasteiger partial charge in [0, 0.05) is 37.4 Å². The van der Waals surface area contributed by atoms with Crippen LogP contribution in [0, 0.1) is 0 Å². The van der Waals surface area contributed by atoms with E-state index in [1.807, 2.05) is 74.6 Å². The van der Waals surface area contributed by atoms with Crippen LogP contribution in [0.2, 0.25) is 0 Å². The van der Waals surface area contributed by atoms with Crippen molar-refractivity contribution in [1.82, 2.24) is 14.8 Å². The fourth-order valence-electron chi connectivity index (χ4n) is 3.14. The largest absolute Gasteiger partial charge is 0.373 e. The third-order valence-corrected chi connectivity index (χ3v) is 4.96. The van der Waals surface area contributed by atoms with E-state index in [1.54, 1.807) is 0 Å². The second-order valence-corrected chi connectivity index (χ2v) is 7.12. The van der Waals surface area contributed by atoms with Gasteiger partial charge in [-0.15, -0.1) is 0 Å². The number of hydrogen-bond donors (Lipinski definition) is 1. The Balaban J connectivity index is 0.000000187. The number of rotatable bonds is 4. The number of nitrogens with zero attached hydrogens (tertiary/aromatic N) is 3. The molecule has 0 aliphatic carbocycles. The number of allylic oxidation sites excluding steroid dienone is 3. The van der Waals surface area contributed by atoms with Crippen molar-refractivity contribution in [2.75, 3.05) is 12.4 Å².